The summed E-state index contributed by atoms with van der Waals surface area (Å²) < 4.78 is 5.23. The van der Waals surface area contributed by atoms with Crippen LogP contribution in [0.3, 0.4) is 0 Å². The Hall–Kier alpha value is -1.80. The molecule has 1 atom stereocenters. The standard InChI is InChI=1S/C16H24N2O6/c1-15(2,3)24-14(22)16(8-11(19)18(23)13(16)21)12(20)9-4-6-10(17)7-5-9/h9-10,23H,4-8,17H2,1-3H3. The third-order valence-electron chi connectivity index (χ3n) is 4.52. The average Bonchev–Trinajstić information content (AvgIpc) is 2.71. The predicted molar refractivity (Wildman–Crippen MR) is 81.5 cm³/mol. The van der Waals surface area contributed by atoms with Gasteiger partial charge >= 0.3 is 5.97 Å². The van der Waals surface area contributed by atoms with Crippen molar-refractivity contribution in [1.82, 2.24) is 5.06 Å². The summed E-state index contributed by atoms with van der Waals surface area (Å²) in [5, 5.41) is 9.45. The van der Waals surface area contributed by atoms with Gasteiger partial charge in [-0.15, -0.1) is 0 Å². The number of carbonyl (C=O) groups excluding carboxylic acids is 4. The normalized spacial score (nSPS) is 31.3. The van der Waals surface area contributed by atoms with Crippen LogP contribution in [0.15, 0.2) is 0 Å². The molecule has 1 saturated heterocycles. The van der Waals surface area contributed by atoms with Gasteiger partial charge in [0.2, 0.25) is 5.41 Å². The predicted octanol–water partition coefficient (Wildman–Crippen LogP) is 0.549. The van der Waals surface area contributed by atoms with E-state index in [0.29, 0.717) is 25.7 Å². The maximum Gasteiger partial charge on any atom is 0.330 e. The van der Waals surface area contributed by atoms with E-state index in [-0.39, 0.29) is 11.1 Å². The first-order valence-corrected chi connectivity index (χ1v) is 8.08. The van der Waals surface area contributed by atoms with Crippen LogP contribution in [-0.4, -0.2) is 45.5 Å². The van der Waals surface area contributed by atoms with Gasteiger partial charge < -0.3 is 10.5 Å². The van der Waals surface area contributed by atoms with Crippen molar-refractivity contribution in [3.8, 4) is 0 Å². The Morgan fingerprint density at radius 2 is 1.75 bits per heavy atom. The van der Waals surface area contributed by atoms with Crippen LogP contribution < -0.4 is 5.73 Å². The van der Waals surface area contributed by atoms with Gasteiger partial charge in [-0.05, 0) is 46.5 Å². The number of nitrogens with zero attached hydrogens (tertiary/aromatic N) is 1. The SMILES string of the molecule is CC(C)(C)OC(=O)C1(C(=O)C2CCC(N)CC2)CC(=O)N(O)C1=O. The van der Waals surface area contributed by atoms with E-state index in [1.165, 1.54) is 0 Å². The third-order valence-corrected chi connectivity index (χ3v) is 4.52. The Labute approximate surface area is 140 Å². The molecule has 2 amide bonds. The van der Waals surface area contributed by atoms with Crippen LogP contribution in [0, 0.1) is 11.3 Å². The third kappa shape index (κ3) is 3.21. The summed E-state index contributed by atoms with van der Waals surface area (Å²) in [7, 11) is 0. The Bertz CT molecular complexity index is 574. The second-order valence-corrected chi connectivity index (χ2v) is 7.57. The maximum absolute atomic E-state index is 13.0. The summed E-state index contributed by atoms with van der Waals surface area (Å²) in [6.45, 7) is 4.79. The maximum atomic E-state index is 13.0. The minimum Gasteiger partial charge on any atom is -0.459 e. The van der Waals surface area contributed by atoms with Gasteiger partial charge in [0, 0.05) is 12.0 Å². The molecule has 2 aliphatic rings. The Kier molecular flexibility index (Phi) is 4.83. The summed E-state index contributed by atoms with van der Waals surface area (Å²) in [5.74, 6) is -4.49. The molecule has 0 aromatic rings. The smallest absolute Gasteiger partial charge is 0.330 e. The van der Waals surface area contributed by atoms with Crippen molar-refractivity contribution >= 4 is 23.6 Å². The summed E-state index contributed by atoms with van der Waals surface area (Å²) in [6, 6.07) is -0.0122. The molecule has 1 aliphatic heterocycles. The van der Waals surface area contributed by atoms with Crippen LogP contribution in [0.1, 0.15) is 52.9 Å². The van der Waals surface area contributed by atoms with E-state index in [2.05, 4.69) is 0 Å². The zero-order valence-corrected chi connectivity index (χ0v) is 14.2. The van der Waals surface area contributed by atoms with Crippen molar-refractivity contribution < 1.29 is 29.1 Å². The van der Waals surface area contributed by atoms with Crippen molar-refractivity contribution in [1.29, 1.82) is 0 Å². The van der Waals surface area contributed by atoms with Gasteiger partial charge in [-0.2, -0.15) is 5.06 Å². The molecule has 0 spiro atoms. The molecular weight excluding hydrogens is 316 g/mol. The molecule has 0 radical (unpaired) electrons. The number of hydrogen-bond donors (Lipinski definition) is 2. The molecule has 8 nitrogen and oxygen atoms in total. The summed E-state index contributed by atoms with van der Waals surface area (Å²) >= 11 is 0. The molecule has 3 N–H and O–H groups in total. The van der Waals surface area contributed by atoms with Gasteiger partial charge in [0.25, 0.3) is 11.8 Å². The van der Waals surface area contributed by atoms with Crippen molar-refractivity contribution in [2.45, 2.75) is 64.5 Å². The first kappa shape index (κ1) is 18.5. The van der Waals surface area contributed by atoms with E-state index < -0.39 is 46.9 Å². The lowest BCUT2D eigenvalue weighted by Crippen LogP contribution is -2.51. The van der Waals surface area contributed by atoms with Crippen molar-refractivity contribution in [2.75, 3.05) is 0 Å². The Balaban J connectivity index is 2.37. The number of rotatable bonds is 3. The van der Waals surface area contributed by atoms with Gasteiger partial charge in [-0.1, -0.05) is 0 Å². The van der Waals surface area contributed by atoms with E-state index in [4.69, 9.17) is 10.5 Å². The number of amides is 2. The largest absolute Gasteiger partial charge is 0.459 e. The highest BCUT2D eigenvalue weighted by Gasteiger charge is 2.64. The number of nitrogens with two attached hydrogens (primary N) is 1. The lowest BCUT2D eigenvalue weighted by atomic mass is 9.71. The van der Waals surface area contributed by atoms with E-state index in [1.54, 1.807) is 20.8 Å². The molecule has 1 unspecified atom stereocenters. The molecule has 1 saturated carbocycles. The molecule has 1 aliphatic carbocycles. The lowest BCUT2D eigenvalue weighted by Gasteiger charge is -2.32. The molecule has 0 bridgehead atoms. The zero-order valence-electron chi connectivity index (χ0n) is 14.2. The van der Waals surface area contributed by atoms with Crippen molar-refractivity contribution in [3.05, 3.63) is 0 Å². The number of Topliss-reactive ketones (excluding diaryl/α,β-unsaturated/α-hetero) is 1. The fourth-order valence-electron chi connectivity index (χ4n) is 3.22. The highest BCUT2D eigenvalue weighted by Crippen LogP contribution is 2.41. The molecule has 0 aromatic heterocycles. The number of hydrogen-bond acceptors (Lipinski definition) is 7. The van der Waals surface area contributed by atoms with Crippen LogP contribution in [-0.2, 0) is 23.9 Å². The number of ether oxygens (including phenoxy) is 1. The summed E-state index contributed by atoms with van der Waals surface area (Å²) in [6.07, 6.45) is 1.39. The fraction of sp³-hybridized carbons (Fsp3) is 0.750. The lowest BCUT2D eigenvalue weighted by molar-refractivity contribution is -0.182. The van der Waals surface area contributed by atoms with Crippen LogP contribution in [0.25, 0.3) is 0 Å². The van der Waals surface area contributed by atoms with Gasteiger partial charge in [-0.3, -0.25) is 24.4 Å². The minimum absolute atomic E-state index is 0.0122. The topological polar surface area (TPSA) is 127 Å². The van der Waals surface area contributed by atoms with E-state index >= 15 is 0 Å². The van der Waals surface area contributed by atoms with E-state index in [1.807, 2.05) is 0 Å². The molecular formula is C16H24N2O6. The molecule has 134 valence electrons. The number of imide groups is 1. The summed E-state index contributed by atoms with van der Waals surface area (Å²) in [5.41, 5.74) is 2.60. The quantitative estimate of drug-likeness (QED) is 0.332. The molecule has 8 heteroatoms. The fourth-order valence-corrected chi connectivity index (χ4v) is 3.22. The monoisotopic (exact) mass is 340 g/mol. The number of esters is 1. The van der Waals surface area contributed by atoms with Crippen molar-refractivity contribution in [3.63, 3.8) is 0 Å². The molecule has 24 heavy (non-hydrogen) atoms. The Morgan fingerprint density at radius 1 is 1.21 bits per heavy atom. The van der Waals surface area contributed by atoms with Gasteiger partial charge in [0.1, 0.15) is 5.60 Å². The van der Waals surface area contributed by atoms with Crippen LogP contribution >= 0.6 is 0 Å². The van der Waals surface area contributed by atoms with Crippen LogP contribution in [0.4, 0.5) is 0 Å². The van der Waals surface area contributed by atoms with E-state index in [9.17, 15) is 24.4 Å². The van der Waals surface area contributed by atoms with Gasteiger partial charge in [0.15, 0.2) is 5.78 Å². The van der Waals surface area contributed by atoms with E-state index in [0.717, 1.165) is 0 Å². The first-order chi connectivity index (χ1) is 11.0. The Morgan fingerprint density at radius 3 is 2.17 bits per heavy atom. The number of ketones is 1. The van der Waals surface area contributed by atoms with Crippen LogP contribution in [0.2, 0.25) is 0 Å². The highest BCUT2D eigenvalue weighted by molar-refractivity contribution is 6.29. The van der Waals surface area contributed by atoms with Crippen LogP contribution in [0.5, 0.6) is 0 Å². The molecule has 1 heterocycles. The van der Waals surface area contributed by atoms with Gasteiger partial charge in [0.05, 0.1) is 6.42 Å². The first-order valence-electron chi connectivity index (χ1n) is 8.08. The minimum atomic E-state index is -2.29. The zero-order chi connectivity index (χ0) is 18.3. The average molecular weight is 340 g/mol. The van der Waals surface area contributed by atoms with Gasteiger partial charge in [-0.25, -0.2) is 0 Å². The van der Waals surface area contributed by atoms with Crippen molar-refractivity contribution in [2.24, 2.45) is 17.1 Å². The highest BCUT2D eigenvalue weighted by atomic mass is 16.6. The number of carbonyl (C=O) groups is 4. The molecule has 0 aromatic carbocycles. The number of hydroxylamine groups is 2. The second kappa shape index (κ2) is 6.25. The summed E-state index contributed by atoms with van der Waals surface area (Å²) in [4.78, 5) is 49.9. The molecule has 2 rings (SSSR count). The second-order valence-electron chi connectivity index (χ2n) is 7.57. The molecule has 2 fully saturated rings.